The van der Waals surface area contributed by atoms with Gasteiger partial charge in [0.2, 0.25) is 11.8 Å². The van der Waals surface area contributed by atoms with Crippen molar-refractivity contribution in [3.63, 3.8) is 0 Å². The molecule has 0 saturated carbocycles. The molecule has 130 valence electrons. The lowest BCUT2D eigenvalue weighted by molar-refractivity contribution is -0.128. The summed E-state index contributed by atoms with van der Waals surface area (Å²) in [6, 6.07) is 6.01. The van der Waals surface area contributed by atoms with Gasteiger partial charge in [0.15, 0.2) is 0 Å². The number of halogens is 1. The van der Waals surface area contributed by atoms with Crippen molar-refractivity contribution in [1.82, 2.24) is 15.5 Å². The van der Waals surface area contributed by atoms with Crippen LogP contribution in [-0.4, -0.2) is 62.0 Å². The van der Waals surface area contributed by atoms with Crippen LogP contribution in [0.25, 0.3) is 0 Å². The van der Waals surface area contributed by atoms with Gasteiger partial charge in [0.1, 0.15) is 11.9 Å². The number of carbonyl (C=O) groups excluding carboxylic acids is 2. The Morgan fingerprint density at radius 1 is 1.29 bits per heavy atom. The number of carbonyl (C=O) groups is 2. The number of likely N-dealkylation sites (tertiary alicyclic amines) is 1. The van der Waals surface area contributed by atoms with Crippen LogP contribution in [0.4, 0.5) is 10.1 Å². The van der Waals surface area contributed by atoms with E-state index >= 15 is 0 Å². The number of piperazine rings is 1. The Labute approximate surface area is 141 Å². The smallest absolute Gasteiger partial charge is 0.239 e. The van der Waals surface area contributed by atoms with Gasteiger partial charge < -0.3 is 20.4 Å². The van der Waals surface area contributed by atoms with Crippen molar-refractivity contribution in [3.05, 3.63) is 30.1 Å². The summed E-state index contributed by atoms with van der Waals surface area (Å²) in [5, 5.41) is 6.11. The van der Waals surface area contributed by atoms with Gasteiger partial charge in [-0.15, -0.1) is 0 Å². The predicted octanol–water partition coefficient (Wildman–Crippen LogP) is 0.343. The third-order valence-corrected chi connectivity index (χ3v) is 4.54. The van der Waals surface area contributed by atoms with Crippen LogP contribution < -0.4 is 15.5 Å². The molecule has 2 fully saturated rings. The Bertz CT molecular complexity index is 593. The van der Waals surface area contributed by atoms with Gasteiger partial charge in [0.05, 0.1) is 0 Å². The first-order chi connectivity index (χ1) is 11.6. The Balaban J connectivity index is 1.47. The lowest BCUT2D eigenvalue weighted by atomic mass is 10.1. The van der Waals surface area contributed by atoms with Gasteiger partial charge in [-0.25, -0.2) is 4.39 Å². The number of nitrogens with zero attached hydrogens (tertiary/aromatic N) is 2. The van der Waals surface area contributed by atoms with Gasteiger partial charge in [-0.1, -0.05) is 0 Å². The Morgan fingerprint density at radius 3 is 2.79 bits per heavy atom. The molecule has 1 aromatic carbocycles. The highest BCUT2D eigenvalue weighted by Gasteiger charge is 2.26. The summed E-state index contributed by atoms with van der Waals surface area (Å²) in [5.41, 5.74) is 0.915. The zero-order valence-corrected chi connectivity index (χ0v) is 13.6. The van der Waals surface area contributed by atoms with E-state index in [9.17, 15) is 14.0 Å². The van der Waals surface area contributed by atoms with Crippen molar-refractivity contribution in [3.8, 4) is 0 Å². The fourth-order valence-electron chi connectivity index (χ4n) is 3.19. The van der Waals surface area contributed by atoms with Gasteiger partial charge in [-0.05, 0) is 30.7 Å². The maximum atomic E-state index is 13.0. The summed E-state index contributed by atoms with van der Waals surface area (Å²) in [4.78, 5) is 27.7. The number of benzene rings is 1. The van der Waals surface area contributed by atoms with E-state index < -0.39 is 0 Å². The van der Waals surface area contributed by atoms with Gasteiger partial charge in [-0.3, -0.25) is 9.59 Å². The van der Waals surface area contributed by atoms with Crippen molar-refractivity contribution in [2.75, 3.05) is 44.2 Å². The van der Waals surface area contributed by atoms with Crippen LogP contribution in [0.3, 0.4) is 0 Å². The van der Waals surface area contributed by atoms with Crippen LogP contribution >= 0.6 is 0 Å². The van der Waals surface area contributed by atoms with Crippen LogP contribution in [0.15, 0.2) is 24.3 Å². The summed E-state index contributed by atoms with van der Waals surface area (Å²) in [6.07, 6.45) is 1.52. The molecule has 0 spiro atoms. The minimum Gasteiger partial charge on any atom is -0.368 e. The van der Waals surface area contributed by atoms with E-state index in [2.05, 4.69) is 15.5 Å². The molecule has 0 bridgehead atoms. The predicted molar refractivity (Wildman–Crippen MR) is 89.2 cm³/mol. The summed E-state index contributed by atoms with van der Waals surface area (Å²) < 4.78 is 13.0. The highest BCUT2D eigenvalue weighted by Crippen LogP contribution is 2.16. The van der Waals surface area contributed by atoms with Gasteiger partial charge in [0, 0.05) is 51.4 Å². The molecule has 2 heterocycles. The van der Waals surface area contributed by atoms with Crippen molar-refractivity contribution in [1.29, 1.82) is 0 Å². The second-order valence-electron chi connectivity index (χ2n) is 6.20. The second kappa shape index (κ2) is 7.61. The Hall–Kier alpha value is -2.15. The number of rotatable bonds is 5. The monoisotopic (exact) mass is 334 g/mol. The molecule has 0 aliphatic carbocycles. The largest absolute Gasteiger partial charge is 0.368 e. The molecular weight excluding hydrogens is 311 g/mol. The minimum atomic E-state index is -0.307. The molecule has 7 heteroatoms. The van der Waals surface area contributed by atoms with Crippen LogP contribution in [0, 0.1) is 5.82 Å². The number of nitrogens with one attached hydrogen (secondary N) is 2. The van der Waals surface area contributed by atoms with Crippen molar-refractivity contribution >= 4 is 17.5 Å². The normalized spacial score (nSPS) is 21.2. The molecule has 0 radical (unpaired) electrons. The molecule has 1 atom stereocenters. The number of anilines is 1. The van der Waals surface area contributed by atoms with E-state index in [1.165, 1.54) is 12.1 Å². The Kier molecular flexibility index (Phi) is 5.30. The van der Waals surface area contributed by atoms with E-state index in [0.717, 1.165) is 25.2 Å². The number of amides is 2. The molecule has 1 unspecified atom stereocenters. The molecule has 2 amide bonds. The molecular formula is C17H23FN4O2. The average Bonchev–Trinajstić information content (AvgIpc) is 3.01. The number of hydrogen-bond donors (Lipinski definition) is 2. The topological polar surface area (TPSA) is 64.7 Å². The van der Waals surface area contributed by atoms with E-state index in [1.54, 1.807) is 17.0 Å². The summed E-state index contributed by atoms with van der Waals surface area (Å²) in [6.45, 7) is 3.84. The molecule has 0 aromatic heterocycles. The lowest BCUT2D eigenvalue weighted by Crippen LogP contribution is -2.57. The fourth-order valence-corrected chi connectivity index (χ4v) is 3.19. The van der Waals surface area contributed by atoms with Gasteiger partial charge in [-0.2, -0.15) is 0 Å². The summed E-state index contributed by atoms with van der Waals surface area (Å²) in [7, 11) is 0. The molecule has 2 N–H and O–H groups in total. The molecule has 6 nitrogen and oxygen atoms in total. The lowest BCUT2D eigenvalue weighted by Gasteiger charge is -2.34. The van der Waals surface area contributed by atoms with Crippen LogP contribution in [0.1, 0.15) is 12.8 Å². The maximum Gasteiger partial charge on any atom is 0.239 e. The fraction of sp³-hybridized carbons (Fsp3) is 0.529. The first-order valence-electron chi connectivity index (χ1n) is 8.43. The Morgan fingerprint density at radius 2 is 2.08 bits per heavy atom. The zero-order chi connectivity index (χ0) is 16.9. The summed E-state index contributed by atoms with van der Waals surface area (Å²) in [5.74, 6) is -0.157. The average molecular weight is 334 g/mol. The first kappa shape index (κ1) is 16.7. The first-order valence-corrected chi connectivity index (χ1v) is 8.43. The van der Waals surface area contributed by atoms with E-state index in [4.69, 9.17) is 0 Å². The molecule has 2 aliphatic rings. The zero-order valence-electron chi connectivity index (χ0n) is 13.6. The second-order valence-corrected chi connectivity index (χ2v) is 6.20. The number of hydrogen-bond acceptors (Lipinski definition) is 4. The molecule has 1 aromatic rings. The van der Waals surface area contributed by atoms with Gasteiger partial charge >= 0.3 is 0 Å². The van der Waals surface area contributed by atoms with Crippen LogP contribution in [0.2, 0.25) is 0 Å². The molecule has 24 heavy (non-hydrogen) atoms. The van der Waals surface area contributed by atoms with E-state index in [0.29, 0.717) is 32.6 Å². The molecule has 2 aliphatic heterocycles. The van der Waals surface area contributed by atoms with Crippen LogP contribution in [0.5, 0.6) is 0 Å². The third-order valence-electron chi connectivity index (χ3n) is 4.54. The quantitative estimate of drug-likeness (QED) is 0.815. The third kappa shape index (κ3) is 4.03. The SMILES string of the molecule is O=C(NCCN1CCCC1=O)C1CN(c2ccc(F)cc2)CCN1. The van der Waals surface area contributed by atoms with Crippen molar-refractivity contribution < 1.29 is 14.0 Å². The van der Waals surface area contributed by atoms with Crippen molar-refractivity contribution in [2.45, 2.75) is 18.9 Å². The molecule has 2 saturated heterocycles. The minimum absolute atomic E-state index is 0.0616. The highest BCUT2D eigenvalue weighted by atomic mass is 19.1. The maximum absolute atomic E-state index is 13.0. The highest BCUT2D eigenvalue weighted by molar-refractivity contribution is 5.83. The van der Waals surface area contributed by atoms with E-state index in [1.807, 2.05) is 0 Å². The van der Waals surface area contributed by atoms with Gasteiger partial charge in [0.25, 0.3) is 0 Å². The van der Waals surface area contributed by atoms with Crippen molar-refractivity contribution in [2.24, 2.45) is 0 Å². The van der Waals surface area contributed by atoms with Crippen LogP contribution in [-0.2, 0) is 9.59 Å². The molecule has 3 rings (SSSR count). The standard InChI is InChI=1S/C17H23FN4O2/c18-13-3-5-14(6-4-13)22-11-7-19-15(12-22)17(24)20-8-10-21-9-1-2-16(21)23/h3-6,15,19H,1-2,7-12H2,(H,20,24). The van der Waals surface area contributed by atoms with E-state index in [-0.39, 0.29) is 23.7 Å². The summed E-state index contributed by atoms with van der Waals surface area (Å²) >= 11 is 0.